The Labute approximate surface area is 155 Å². The van der Waals surface area contributed by atoms with Crippen molar-refractivity contribution in [2.45, 2.75) is 25.5 Å². The molecule has 0 bridgehead atoms. The summed E-state index contributed by atoms with van der Waals surface area (Å²) in [5, 5.41) is 3.31. The molecule has 6 nitrogen and oxygen atoms in total. The summed E-state index contributed by atoms with van der Waals surface area (Å²) in [6.07, 6.45) is 0. The van der Waals surface area contributed by atoms with Crippen LogP contribution in [0, 0.1) is 0 Å². The van der Waals surface area contributed by atoms with Gasteiger partial charge in [0.05, 0.1) is 12.3 Å². The SMILES string of the molecule is CCNC(=NCCS(=O)(=O)N1CCSCC1)N1CCSC(C)(C)C1. The Kier molecular flexibility index (Phi) is 7.58. The highest BCUT2D eigenvalue weighted by Crippen LogP contribution is 2.29. The van der Waals surface area contributed by atoms with Gasteiger partial charge in [-0.25, -0.2) is 12.7 Å². The second-order valence-electron chi connectivity index (χ2n) is 6.59. The molecule has 9 heteroatoms. The lowest BCUT2D eigenvalue weighted by atomic mass is 10.2. The van der Waals surface area contributed by atoms with Crippen LogP contribution in [0.4, 0.5) is 0 Å². The molecule has 140 valence electrons. The van der Waals surface area contributed by atoms with E-state index in [-0.39, 0.29) is 10.5 Å². The van der Waals surface area contributed by atoms with Gasteiger partial charge in [-0.1, -0.05) is 0 Å². The number of hydrogen-bond acceptors (Lipinski definition) is 5. The summed E-state index contributed by atoms with van der Waals surface area (Å²) in [6, 6.07) is 0. The van der Waals surface area contributed by atoms with Crippen LogP contribution in [-0.4, -0.2) is 90.6 Å². The predicted molar refractivity (Wildman–Crippen MR) is 107 cm³/mol. The summed E-state index contributed by atoms with van der Waals surface area (Å²) in [5.74, 6) is 3.80. The Morgan fingerprint density at radius 2 is 1.92 bits per heavy atom. The third kappa shape index (κ3) is 6.00. The first-order chi connectivity index (χ1) is 11.3. The molecule has 0 amide bonds. The van der Waals surface area contributed by atoms with Crippen molar-refractivity contribution in [3.8, 4) is 0 Å². The van der Waals surface area contributed by atoms with E-state index in [1.165, 1.54) is 0 Å². The molecule has 2 heterocycles. The van der Waals surface area contributed by atoms with Crippen LogP contribution >= 0.6 is 23.5 Å². The van der Waals surface area contributed by atoms with Crippen LogP contribution in [0.25, 0.3) is 0 Å². The molecular formula is C15H30N4O2S3. The Morgan fingerprint density at radius 1 is 1.21 bits per heavy atom. The quantitative estimate of drug-likeness (QED) is 0.558. The Morgan fingerprint density at radius 3 is 2.54 bits per heavy atom. The molecule has 2 fully saturated rings. The van der Waals surface area contributed by atoms with E-state index in [4.69, 9.17) is 0 Å². The highest BCUT2D eigenvalue weighted by atomic mass is 32.2. The van der Waals surface area contributed by atoms with E-state index in [9.17, 15) is 8.42 Å². The average molecular weight is 395 g/mol. The topological polar surface area (TPSA) is 65.0 Å². The Hall–Kier alpha value is -0.120. The number of sulfonamides is 1. The van der Waals surface area contributed by atoms with Crippen LogP contribution in [-0.2, 0) is 10.0 Å². The van der Waals surface area contributed by atoms with Crippen LogP contribution in [0.3, 0.4) is 0 Å². The van der Waals surface area contributed by atoms with Gasteiger partial charge in [0.25, 0.3) is 0 Å². The largest absolute Gasteiger partial charge is 0.357 e. The molecule has 1 N–H and O–H groups in total. The number of guanidine groups is 1. The molecule has 0 atom stereocenters. The predicted octanol–water partition coefficient (Wildman–Crippen LogP) is 1.16. The van der Waals surface area contributed by atoms with Gasteiger partial charge in [0.15, 0.2) is 5.96 Å². The van der Waals surface area contributed by atoms with Crippen molar-refractivity contribution in [2.24, 2.45) is 4.99 Å². The van der Waals surface area contributed by atoms with Crippen LogP contribution < -0.4 is 5.32 Å². The fourth-order valence-electron chi connectivity index (χ4n) is 2.84. The normalized spacial score (nSPS) is 23.3. The maximum Gasteiger partial charge on any atom is 0.215 e. The molecule has 0 radical (unpaired) electrons. The lowest BCUT2D eigenvalue weighted by Crippen LogP contribution is -2.51. The van der Waals surface area contributed by atoms with Gasteiger partial charge in [-0.15, -0.1) is 0 Å². The van der Waals surface area contributed by atoms with E-state index in [1.54, 1.807) is 4.31 Å². The summed E-state index contributed by atoms with van der Waals surface area (Å²) in [7, 11) is -3.19. The van der Waals surface area contributed by atoms with Crippen LogP contribution in [0.5, 0.6) is 0 Å². The first-order valence-corrected chi connectivity index (χ1v) is 12.3. The third-order valence-corrected chi connectivity index (χ3v) is 8.12. The van der Waals surface area contributed by atoms with Crippen LogP contribution in [0.2, 0.25) is 0 Å². The summed E-state index contributed by atoms with van der Waals surface area (Å²) in [6.45, 7) is 10.8. The molecule has 0 spiro atoms. The van der Waals surface area contributed by atoms with Crippen molar-refractivity contribution in [2.75, 3.05) is 62.3 Å². The zero-order valence-corrected chi connectivity index (χ0v) is 17.4. The standard InChI is InChI=1S/C15H30N4O2S3/c1-4-16-14(18-6-11-23-15(2,3)13-18)17-5-12-24(20,21)19-7-9-22-10-8-19/h4-13H2,1-3H3,(H,16,17). The highest BCUT2D eigenvalue weighted by Gasteiger charge is 2.29. The van der Waals surface area contributed by atoms with E-state index in [1.807, 2.05) is 30.4 Å². The number of nitrogens with zero attached hydrogens (tertiary/aromatic N) is 3. The van der Waals surface area contributed by atoms with Gasteiger partial charge in [-0.05, 0) is 20.8 Å². The molecule has 2 aliphatic rings. The van der Waals surface area contributed by atoms with Gasteiger partial charge < -0.3 is 10.2 Å². The molecule has 0 unspecified atom stereocenters. The number of aliphatic imine (C=N–C) groups is 1. The fraction of sp³-hybridized carbons (Fsp3) is 0.933. The van der Waals surface area contributed by atoms with Gasteiger partial charge in [0.2, 0.25) is 10.0 Å². The van der Waals surface area contributed by atoms with Gasteiger partial charge in [0, 0.05) is 54.7 Å². The number of rotatable bonds is 5. The van der Waals surface area contributed by atoms with Crippen LogP contribution in [0.15, 0.2) is 4.99 Å². The monoisotopic (exact) mass is 394 g/mol. The van der Waals surface area contributed by atoms with Crippen LogP contribution in [0.1, 0.15) is 20.8 Å². The number of hydrogen-bond donors (Lipinski definition) is 1. The third-order valence-electron chi connectivity index (χ3n) is 4.03. The minimum Gasteiger partial charge on any atom is -0.357 e. The van der Waals surface area contributed by atoms with Crippen molar-refractivity contribution >= 4 is 39.5 Å². The molecule has 0 aromatic heterocycles. The van der Waals surface area contributed by atoms with E-state index in [2.05, 4.69) is 29.1 Å². The van der Waals surface area contributed by atoms with E-state index >= 15 is 0 Å². The van der Waals surface area contributed by atoms with Crippen molar-refractivity contribution in [1.82, 2.24) is 14.5 Å². The molecule has 0 aromatic rings. The minimum absolute atomic E-state index is 0.0958. The summed E-state index contributed by atoms with van der Waals surface area (Å²) < 4.78 is 26.6. The first-order valence-electron chi connectivity index (χ1n) is 8.57. The van der Waals surface area contributed by atoms with E-state index in [0.717, 1.165) is 42.9 Å². The van der Waals surface area contributed by atoms with Crippen molar-refractivity contribution in [3.05, 3.63) is 0 Å². The lowest BCUT2D eigenvalue weighted by molar-refractivity contribution is 0.376. The molecular weight excluding hydrogens is 364 g/mol. The molecule has 2 rings (SSSR count). The number of nitrogens with one attached hydrogen (secondary N) is 1. The smallest absolute Gasteiger partial charge is 0.215 e. The summed E-state index contributed by atoms with van der Waals surface area (Å²) in [5.41, 5.74) is 0. The Bertz CT molecular complexity index is 531. The summed E-state index contributed by atoms with van der Waals surface area (Å²) >= 11 is 3.79. The van der Waals surface area contributed by atoms with E-state index < -0.39 is 10.0 Å². The second kappa shape index (κ2) is 9.00. The molecule has 24 heavy (non-hydrogen) atoms. The van der Waals surface area contributed by atoms with E-state index in [0.29, 0.717) is 19.6 Å². The first kappa shape index (κ1) is 20.2. The van der Waals surface area contributed by atoms with Gasteiger partial charge in [0.1, 0.15) is 0 Å². The molecule has 2 aliphatic heterocycles. The van der Waals surface area contributed by atoms with Gasteiger partial charge >= 0.3 is 0 Å². The zero-order valence-electron chi connectivity index (χ0n) is 15.0. The maximum atomic E-state index is 12.4. The lowest BCUT2D eigenvalue weighted by Gasteiger charge is -2.39. The average Bonchev–Trinajstić information content (AvgIpc) is 2.54. The fourth-order valence-corrected chi connectivity index (χ4v) is 6.41. The maximum absolute atomic E-state index is 12.4. The minimum atomic E-state index is -3.19. The molecule has 0 saturated carbocycles. The second-order valence-corrected chi connectivity index (χ2v) is 11.7. The van der Waals surface area contributed by atoms with Gasteiger partial charge in [-0.3, -0.25) is 4.99 Å². The van der Waals surface area contributed by atoms with Gasteiger partial charge in [-0.2, -0.15) is 23.5 Å². The highest BCUT2D eigenvalue weighted by molar-refractivity contribution is 8.00. The number of thioether (sulfide) groups is 2. The molecule has 2 saturated heterocycles. The molecule has 0 aliphatic carbocycles. The van der Waals surface area contributed by atoms with Crippen molar-refractivity contribution in [3.63, 3.8) is 0 Å². The zero-order chi connectivity index (χ0) is 17.6. The Balaban J connectivity index is 1.95. The molecule has 0 aromatic carbocycles. The van der Waals surface area contributed by atoms with Crippen molar-refractivity contribution in [1.29, 1.82) is 0 Å². The summed E-state index contributed by atoms with van der Waals surface area (Å²) in [4.78, 5) is 6.85. The van der Waals surface area contributed by atoms with Crippen molar-refractivity contribution < 1.29 is 8.42 Å².